The van der Waals surface area contributed by atoms with E-state index in [0.29, 0.717) is 10.7 Å². The zero-order chi connectivity index (χ0) is 7.84. The molecule has 0 spiro atoms. The summed E-state index contributed by atoms with van der Waals surface area (Å²) in [6, 6.07) is 6.77. The maximum Gasteiger partial charge on any atom is 0.123 e. The molecule has 0 N–H and O–H groups in total. The standard InChI is InChI=1S/C9H8BrF/c10-9-5-8(9)6-1-3-7(11)4-2-6/h1-4,8-9H,5H2. The van der Waals surface area contributed by atoms with Crippen LogP contribution in [0.1, 0.15) is 17.9 Å². The van der Waals surface area contributed by atoms with Gasteiger partial charge in [0.2, 0.25) is 0 Å². The van der Waals surface area contributed by atoms with Crippen molar-refractivity contribution in [1.82, 2.24) is 0 Å². The van der Waals surface area contributed by atoms with E-state index in [1.807, 2.05) is 12.1 Å². The second-order valence-corrected chi connectivity index (χ2v) is 4.09. The van der Waals surface area contributed by atoms with E-state index < -0.39 is 0 Å². The molecule has 1 aliphatic rings. The Balaban J connectivity index is 2.21. The highest BCUT2D eigenvalue weighted by atomic mass is 79.9. The maximum atomic E-state index is 12.5. The molecular weight excluding hydrogens is 207 g/mol. The molecule has 58 valence electrons. The zero-order valence-electron chi connectivity index (χ0n) is 5.93. The third-order valence-corrected chi connectivity index (χ3v) is 3.02. The van der Waals surface area contributed by atoms with E-state index in [2.05, 4.69) is 15.9 Å². The van der Waals surface area contributed by atoms with Crippen LogP contribution < -0.4 is 0 Å². The van der Waals surface area contributed by atoms with Gasteiger partial charge < -0.3 is 0 Å². The molecule has 0 heterocycles. The van der Waals surface area contributed by atoms with Crippen LogP contribution in [0, 0.1) is 5.82 Å². The molecular formula is C9H8BrF. The van der Waals surface area contributed by atoms with Crippen LogP contribution in [0.25, 0.3) is 0 Å². The predicted molar refractivity (Wildman–Crippen MR) is 46.5 cm³/mol. The summed E-state index contributed by atoms with van der Waals surface area (Å²) in [5, 5.41) is 0. The van der Waals surface area contributed by atoms with Crippen LogP contribution in [0.5, 0.6) is 0 Å². The molecule has 1 aliphatic carbocycles. The average Bonchev–Trinajstić information content (AvgIpc) is 2.69. The average molecular weight is 215 g/mol. The fourth-order valence-electron chi connectivity index (χ4n) is 1.22. The third kappa shape index (κ3) is 1.45. The van der Waals surface area contributed by atoms with E-state index in [1.54, 1.807) is 0 Å². The number of hydrogen-bond donors (Lipinski definition) is 0. The van der Waals surface area contributed by atoms with Crippen LogP contribution in [0.2, 0.25) is 0 Å². The van der Waals surface area contributed by atoms with Gasteiger partial charge in [-0.15, -0.1) is 0 Å². The Morgan fingerprint density at radius 3 is 2.27 bits per heavy atom. The largest absolute Gasteiger partial charge is 0.207 e. The van der Waals surface area contributed by atoms with Gasteiger partial charge in [-0.25, -0.2) is 4.39 Å². The van der Waals surface area contributed by atoms with Gasteiger partial charge in [-0.1, -0.05) is 28.1 Å². The molecule has 1 saturated carbocycles. The summed E-state index contributed by atoms with van der Waals surface area (Å²) in [4.78, 5) is 0.618. The van der Waals surface area contributed by atoms with Crippen molar-refractivity contribution in [2.75, 3.05) is 0 Å². The van der Waals surface area contributed by atoms with Gasteiger partial charge in [0.05, 0.1) is 0 Å². The van der Waals surface area contributed by atoms with Crippen molar-refractivity contribution in [2.24, 2.45) is 0 Å². The molecule has 2 atom stereocenters. The van der Waals surface area contributed by atoms with Gasteiger partial charge in [-0.2, -0.15) is 0 Å². The van der Waals surface area contributed by atoms with Gasteiger partial charge in [0.15, 0.2) is 0 Å². The lowest BCUT2D eigenvalue weighted by atomic mass is 10.1. The summed E-state index contributed by atoms with van der Waals surface area (Å²) in [6.07, 6.45) is 1.19. The molecule has 1 fully saturated rings. The van der Waals surface area contributed by atoms with Crippen molar-refractivity contribution in [3.05, 3.63) is 35.6 Å². The fourth-order valence-corrected chi connectivity index (χ4v) is 1.93. The molecule has 0 aromatic heterocycles. The summed E-state index contributed by atoms with van der Waals surface area (Å²) >= 11 is 3.51. The van der Waals surface area contributed by atoms with Crippen LogP contribution in [0.3, 0.4) is 0 Å². The Morgan fingerprint density at radius 2 is 1.82 bits per heavy atom. The molecule has 2 unspecified atom stereocenters. The number of alkyl halides is 1. The SMILES string of the molecule is Fc1ccc(C2CC2Br)cc1. The predicted octanol–water partition coefficient (Wildman–Crippen LogP) is 3.08. The molecule has 0 aliphatic heterocycles. The van der Waals surface area contributed by atoms with Crippen molar-refractivity contribution in [3.63, 3.8) is 0 Å². The Morgan fingerprint density at radius 1 is 1.27 bits per heavy atom. The monoisotopic (exact) mass is 214 g/mol. The lowest BCUT2D eigenvalue weighted by Gasteiger charge is -1.95. The molecule has 0 radical (unpaired) electrons. The van der Waals surface area contributed by atoms with Gasteiger partial charge in [-0.05, 0) is 30.0 Å². The van der Waals surface area contributed by atoms with Gasteiger partial charge in [0.1, 0.15) is 5.82 Å². The Hall–Kier alpha value is -0.370. The van der Waals surface area contributed by atoms with Crippen LogP contribution in [-0.2, 0) is 0 Å². The van der Waals surface area contributed by atoms with Crippen LogP contribution in [-0.4, -0.2) is 4.83 Å². The van der Waals surface area contributed by atoms with E-state index in [9.17, 15) is 4.39 Å². The summed E-state index contributed by atoms with van der Waals surface area (Å²) in [5.41, 5.74) is 1.24. The van der Waals surface area contributed by atoms with Crippen LogP contribution >= 0.6 is 15.9 Å². The van der Waals surface area contributed by atoms with Gasteiger partial charge in [0, 0.05) is 4.83 Å². The number of rotatable bonds is 1. The molecule has 2 rings (SSSR count). The third-order valence-electron chi connectivity index (χ3n) is 2.01. The minimum absolute atomic E-state index is 0.152. The number of hydrogen-bond acceptors (Lipinski definition) is 0. The lowest BCUT2D eigenvalue weighted by molar-refractivity contribution is 0.627. The smallest absolute Gasteiger partial charge is 0.123 e. The highest BCUT2D eigenvalue weighted by molar-refractivity contribution is 9.09. The Bertz CT molecular complexity index is 255. The zero-order valence-corrected chi connectivity index (χ0v) is 7.51. The number of halogens is 2. The lowest BCUT2D eigenvalue weighted by Crippen LogP contribution is -1.81. The van der Waals surface area contributed by atoms with E-state index in [-0.39, 0.29) is 5.82 Å². The molecule has 0 saturated heterocycles. The Kier molecular flexibility index (Phi) is 1.72. The van der Waals surface area contributed by atoms with Gasteiger partial charge >= 0.3 is 0 Å². The minimum atomic E-state index is -0.152. The van der Waals surface area contributed by atoms with Gasteiger partial charge in [-0.3, -0.25) is 0 Å². The second kappa shape index (κ2) is 2.59. The molecule has 2 heteroatoms. The topological polar surface area (TPSA) is 0 Å². The molecule has 0 amide bonds. The normalized spacial score (nSPS) is 28.5. The second-order valence-electron chi connectivity index (χ2n) is 2.91. The summed E-state index contributed by atoms with van der Waals surface area (Å²) in [5.74, 6) is 0.469. The molecule has 11 heavy (non-hydrogen) atoms. The highest BCUT2D eigenvalue weighted by Crippen LogP contribution is 2.46. The maximum absolute atomic E-state index is 12.5. The quantitative estimate of drug-likeness (QED) is 0.631. The van der Waals surface area contributed by atoms with Crippen molar-refractivity contribution in [3.8, 4) is 0 Å². The summed E-state index contributed by atoms with van der Waals surface area (Å²) in [6.45, 7) is 0. The number of benzene rings is 1. The summed E-state index contributed by atoms with van der Waals surface area (Å²) in [7, 11) is 0. The van der Waals surface area contributed by atoms with Gasteiger partial charge in [0.25, 0.3) is 0 Å². The first-order chi connectivity index (χ1) is 5.27. The van der Waals surface area contributed by atoms with Crippen LogP contribution in [0.4, 0.5) is 4.39 Å². The molecule has 0 bridgehead atoms. The first-order valence-electron chi connectivity index (χ1n) is 3.67. The minimum Gasteiger partial charge on any atom is -0.207 e. The van der Waals surface area contributed by atoms with E-state index in [4.69, 9.17) is 0 Å². The fraction of sp³-hybridized carbons (Fsp3) is 0.333. The van der Waals surface area contributed by atoms with Crippen LogP contribution in [0.15, 0.2) is 24.3 Å². The van der Waals surface area contributed by atoms with Crippen molar-refractivity contribution in [1.29, 1.82) is 0 Å². The van der Waals surface area contributed by atoms with E-state index in [1.165, 1.54) is 24.1 Å². The van der Waals surface area contributed by atoms with Crippen molar-refractivity contribution >= 4 is 15.9 Å². The first-order valence-corrected chi connectivity index (χ1v) is 4.58. The van der Waals surface area contributed by atoms with E-state index in [0.717, 1.165) is 0 Å². The Labute approximate surface area is 73.6 Å². The summed E-state index contributed by atoms with van der Waals surface area (Å²) < 4.78 is 12.5. The molecule has 1 aromatic rings. The first kappa shape index (κ1) is 7.29. The van der Waals surface area contributed by atoms with Crippen molar-refractivity contribution < 1.29 is 4.39 Å². The highest BCUT2D eigenvalue weighted by Gasteiger charge is 2.35. The van der Waals surface area contributed by atoms with E-state index >= 15 is 0 Å². The van der Waals surface area contributed by atoms with Crippen molar-refractivity contribution in [2.45, 2.75) is 17.2 Å². The molecule has 0 nitrogen and oxygen atoms in total. The molecule has 1 aromatic carbocycles.